The van der Waals surface area contributed by atoms with Gasteiger partial charge >= 0.3 is 0 Å². The quantitative estimate of drug-likeness (QED) is 0.376. The molecule has 0 heterocycles. The van der Waals surface area contributed by atoms with Gasteiger partial charge < -0.3 is 5.73 Å². The molecule has 0 amide bonds. The Kier molecular flexibility index (Phi) is 1.84. The second kappa shape index (κ2) is 2.17. The fourth-order valence-electron chi connectivity index (χ4n) is 0.166. The summed E-state index contributed by atoms with van der Waals surface area (Å²) in [6.07, 6.45) is 0.750. The van der Waals surface area contributed by atoms with Crippen molar-refractivity contribution in [1.82, 2.24) is 0 Å². The lowest BCUT2D eigenvalue weighted by Gasteiger charge is -1.78. The van der Waals surface area contributed by atoms with E-state index >= 15 is 0 Å². The highest BCUT2D eigenvalue weighted by molar-refractivity contribution is 4.82. The average molecular weight is 102 g/mol. The van der Waals surface area contributed by atoms with Gasteiger partial charge in [0.1, 0.15) is 0 Å². The summed E-state index contributed by atoms with van der Waals surface area (Å²) in [5.41, 5.74) is 5.13. The second-order valence-corrected chi connectivity index (χ2v) is 1.16. The highest BCUT2D eigenvalue weighted by Crippen LogP contribution is 1.76. The van der Waals surface area contributed by atoms with E-state index in [2.05, 4.69) is 0 Å². The zero-order valence-electron chi connectivity index (χ0n) is 3.92. The maximum absolute atomic E-state index is 9.46. The molecule has 0 radical (unpaired) electrons. The van der Waals surface area contributed by atoms with E-state index in [4.69, 9.17) is 5.73 Å². The van der Waals surface area contributed by atoms with Crippen LogP contribution >= 0.6 is 0 Å². The molecule has 4 heteroatoms. The van der Waals surface area contributed by atoms with Crippen molar-refractivity contribution in [2.45, 2.75) is 6.92 Å². The minimum Gasteiger partial charge on any atom is -0.397 e. The van der Waals surface area contributed by atoms with Gasteiger partial charge in [-0.1, -0.05) is 0 Å². The Hall–Kier alpha value is -1.06. The summed E-state index contributed by atoms with van der Waals surface area (Å²) in [4.78, 5) is 8.87. The van der Waals surface area contributed by atoms with Crippen molar-refractivity contribution in [3.05, 3.63) is 22.0 Å². The molecule has 0 aliphatic carbocycles. The fraction of sp³-hybridized carbons (Fsp3) is 0.333. The summed E-state index contributed by atoms with van der Waals surface area (Å²) in [5, 5.41) is 9.46. The topological polar surface area (TPSA) is 69.2 Å². The van der Waals surface area contributed by atoms with E-state index in [-0.39, 0.29) is 5.70 Å². The van der Waals surface area contributed by atoms with Crippen LogP contribution in [0, 0.1) is 10.1 Å². The third-order valence-corrected chi connectivity index (χ3v) is 0.309. The highest BCUT2D eigenvalue weighted by atomic mass is 16.6. The van der Waals surface area contributed by atoms with Crippen molar-refractivity contribution >= 4 is 0 Å². The molecule has 0 fully saturated rings. The van der Waals surface area contributed by atoms with Crippen LogP contribution < -0.4 is 5.73 Å². The van der Waals surface area contributed by atoms with Gasteiger partial charge in [-0.3, -0.25) is 10.1 Å². The lowest BCUT2D eigenvalue weighted by atomic mass is 10.6. The van der Waals surface area contributed by atoms with Gasteiger partial charge in [-0.25, -0.2) is 0 Å². The van der Waals surface area contributed by atoms with Crippen LogP contribution in [-0.4, -0.2) is 4.92 Å². The van der Waals surface area contributed by atoms with Crippen molar-refractivity contribution in [1.29, 1.82) is 0 Å². The lowest BCUT2D eigenvalue weighted by molar-refractivity contribution is -0.403. The number of hydrogen-bond acceptors (Lipinski definition) is 3. The standard InChI is InChI=1S/C3H6N2O2/c1-3(4)2-5(6)7/h2H,4H2,1H3/b3-2+. The predicted molar refractivity (Wildman–Crippen MR) is 24.9 cm³/mol. The summed E-state index contributed by atoms with van der Waals surface area (Å²) >= 11 is 0. The largest absolute Gasteiger partial charge is 0.397 e. The van der Waals surface area contributed by atoms with E-state index in [1.165, 1.54) is 6.92 Å². The highest BCUT2D eigenvalue weighted by Gasteiger charge is 1.84. The van der Waals surface area contributed by atoms with Crippen molar-refractivity contribution < 1.29 is 4.92 Å². The molecule has 0 saturated heterocycles. The van der Waals surface area contributed by atoms with Crippen molar-refractivity contribution in [2.24, 2.45) is 5.73 Å². The third-order valence-electron chi connectivity index (χ3n) is 0.309. The van der Waals surface area contributed by atoms with E-state index < -0.39 is 4.92 Å². The van der Waals surface area contributed by atoms with Gasteiger partial charge in [0.15, 0.2) is 0 Å². The van der Waals surface area contributed by atoms with Crippen molar-refractivity contribution in [2.75, 3.05) is 0 Å². The number of nitrogens with two attached hydrogens (primary N) is 1. The molecule has 0 aliphatic rings. The monoisotopic (exact) mass is 102 g/mol. The number of nitro groups is 1. The summed E-state index contributed by atoms with van der Waals surface area (Å²) in [6.45, 7) is 1.46. The first-order valence-electron chi connectivity index (χ1n) is 1.70. The Balaban J connectivity index is 3.68. The van der Waals surface area contributed by atoms with Gasteiger partial charge in [0, 0.05) is 0 Å². The van der Waals surface area contributed by atoms with E-state index in [1.54, 1.807) is 0 Å². The van der Waals surface area contributed by atoms with Gasteiger partial charge in [-0.05, 0) is 6.92 Å². The zero-order valence-corrected chi connectivity index (χ0v) is 3.92. The molecular weight excluding hydrogens is 96.0 g/mol. The van der Waals surface area contributed by atoms with E-state index in [1.807, 2.05) is 0 Å². The minimum absolute atomic E-state index is 0.213. The van der Waals surface area contributed by atoms with E-state index in [0.717, 1.165) is 6.20 Å². The van der Waals surface area contributed by atoms with Gasteiger partial charge in [0.2, 0.25) is 0 Å². The van der Waals surface area contributed by atoms with Crippen LogP contribution in [-0.2, 0) is 0 Å². The zero-order chi connectivity index (χ0) is 5.86. The molecular formula is C3H6N2O2. The molecule has 0 aromatic heterocycles. The molecule has 0 spiro atoms. The summed E-state index contributed by atoms with van der Waals surface area (Å²) < 4.78 is 0. The Bertz CT molecular complexity index is 104. The van der Waals surface area contributed by atoms with Crippen molar-refractivity contribution in [3.63, 3.8) is 0 Å². The summed E-state index contributed by atoms with van der Waals surface area (Å²) in [6, 6.07) is 0. The number of nitrogens with zero attached hydrogens (tertiary/aromatic N) is 1. The number of hydrogen-bond donors (Lipinski definition) is 1. The molecule has 0 aliphatic heterocycles. The van der Waals surface area contributed by atoms with Crippen LogP contribution in [0.25, 0.3) is 0 Å². The lowest BCUT2D eigenvalue weighted by Crippen LogP contribution is -1.94. The molecule has 0 unspecified atom stereocenters. The minimum atomic E-state index is -0.588. The first-order valence-corrected chi connectivity index (χ1v) is 1.70. The average Bonchev–Trinajstić information content (AvgIpc) is 1.27. The van der Waals surface area contributed by atoms with Crippen LogP contribution in [0.4, 0.5) is 0 Å². The SMILES string of the molecule is C/C(N)=C\[N+](=O)[O-]. The van der Waals surface area contributed by atoms with Gasteiger partial charge in [0.05, 0.1) is 10.6 Å². The third kappa shape index (κ3) is 4.94. The molecule has 40 valence electrons. The second-order valence-electron chi connectivity index (χ2n) is 1.16. The normalized spacial score (nSPS) is 11.3. The summed E-state index contributed by atoms with van der Waals surface area (Å²) in [5.74, 6) is 0. The van der Waals surface area contributed by atoms with Crippen LogP contribution in [0.3, 0.4) is 0 Å². The molecule has 4 nitrogen and oxygen atoms in total. The van der Waals surface area contributed by atoms with Gasteiger partial charge in [-0.15, -0.1) is 0 Å². The molecule has 2 N–H and O–H groups in total. The molecule has 0 aromatic rings. The van der Waals surface area contributed by atoms with E-state index in [9.17, 15) is 10.1 Å². The van der Waals surface area contributed by atoms with Gasteiger partial charge in [-0.2, -0.15) is 0 Å². The Morgan fingerprint density at radius 3 is 2.43 bits per heavy atom. The van der Waals surface area contributed by atoms with Gasteiger partial charge in [0.25, 0.3) is 6.20 Å². The molecule has 7 heavy (non-hydrogen) atoms. The molecule has 0 bridgehead atoms. The first kappa shape index (κ1) is 5.94. The Labute approximate surface area is 40.8 Å². The van der Waals surface area contributed by atoms with Crippen LogP contribution in [0.2, 0.25) is 0 Å². The molecule has 0 atom stereocenters. The molecule has 0 rings (SSSR count). The van der Waals surface area contributed by atoms with Crippen LogP contribution in [0.1, 0.15) is 6.92 Å². The predicted octanol–water partition coefficient (Wildman–Crippen LogP) is 0.0831. The maximum Gasteiger partial charge on any atom is 0.252 e. The first-order chi connectivity index (χ1) is 3.13. The number of rotatable bonds is 1. The Morgan fingerprint density at radius 1 is 2.00 bits per heavy atom. The van der Waals surface area contributed by atoms with Crippen molar-refractivity contribution in [3.8, 4) is 0 Å². The fourth-order valence-corrected chi connectivity index (χ4v) is 0.166. The molecule has 0 aromatic carbocycles. The van der Waals surface area contributed by atoms with E-state index in [0.29, 0.717) is 0 Å². The molecule has 0 saturated carbocycles. The maximum atomic E-state index is 9.46. The number of allylic oxidation sites excluding steroid dienone is 1. The Morgan fingerprint density at radius 2 is 2.43 bits per heavy atom. The van der Waals surface area contributed by atoms with Crippen LogP contribution in [0.5, 0.6) is 0 Å². The summed E-state index contributed by atoms with van der Waals surface area (Å²) in [7, 11) is 0. The smallest absolute Gasteiger partial charge is 0.252 e. The van der Waals surface area contributed by atoms with Crippen LogP contribution in [0.15, 0.2) is 11.9 Å².